The van der Waals surface area contributed by atoms with E-state index in [4.69, 9.17) is 14.5 Å². The lowest BCUT2D eigenvalue weighted by atomic mass is 9.94. The molecule has 2 aromatic heterocycles. The maximum absolute atomic E-state index is 5.59. The van der Waals surface area contributed by atoms with Gasteiger partial charge >= 0.3 is 0 Å². The Morgan fingerprint density at radius 2 is 1.54 bits per heavy atom. The van der Waals surface area contributed by atoms with Crippen LogP contribution in [0.4, 0.5) is 5.82 Å². The third kappa shape index (κ3) is 4.98. The number of hydrogen-bond acceptors (Lipinski definition) is 5. The lowest BCUT2D eigenvalue weighted by molar-refractivity contribution is 0.187. The second-order valence-corrected chi connectivity index (χ2v) is 11.3. The van der Waals surface area contributed by atoms with Gasteiger partial charge in [0.05, 0.1) is 19.9 Å². The lowest BCUT2D eigenvalue weighted by Crippen LogP contribution is -2.50. The number of aromatic nitrogens is 2. The number of anilines is 1. The van der Waals surface area contributed by atoms with Gasteiger partial charge in [-0.2, -0.15) is 0 Å². The van der Waals surface area contributed by atoms with Crippen LogP contribution >= 0.6 is 0 Å². The van der Waals surface area contributed by atoms with E-state index in [1.165, 1.54) is 47.8 Å². The molecule has 4 aromatic rings. The number of hydrogen-bond donors (Lipinski definition) is 1. The van der Waals surface area contributed by atoms with Crippen LogP contribution in [-0.4, -0.2) is 61.3 Å². The Hall–Kier alpha value is -3.51. The number of benzene rings is 2. The number of ether oxygens (including phenoxy) is 2. The molecule has 2 aromatic carbocycles. The van der Waals surface area contributed by atoms with Gasteiger partial charge in [-0.15, -0.1) is 0 Å². The molecule has 204 valence electrons. The van der Waals surface area contributed by atoms with E-state index in [1.54, 1.807) is 14.2 Å². The molecule has 6 nitrogen and oxygen atoms in total. The van der Waals surface area contributed by atoms with Crippen molar-refractivity contribution in [2.45, 2.75) is 51.5 Å². The normalized spacial score (nSPS) is 16.9. The van der Waals surface area contributed by atoms with Crippen molar-refractivity contribution in [3.63, 3.8) is 0 Å². The maximum Gasteiger partial charge on any atom is 0.161 e. The quantitative estimate of drug-likeness (QED) is 0.279. The van der Waals surface area contributed by atoms with Crippen molar-refractivity contribution >= 4 is 16.7 Å². The van der Waals surface area contributed by atoms with Gasteiger partial charge in [-0.3, -0.25) is 4.90 Å². The van der Waals surface area contributed by atoms with Gasteiger partial charge in [-0.05, 0) is 77.9 Å². The number of rotatable bonds is 7. The summed E-state index contributed by atoms with van der Waals surface area (Å²) >= 11 is 0. The molecule has 0 unspecified atom stereocenters. The first kappa shape index (κ1) is 25.8. The number of pyridine rings is 1. The zero-order valence-electron chi connectivity index (χ0n) is 23.7. The summed E-state index contributed by atoms with van der Waals surface area (Å²) in [7, 11) is 3.35. The van der Waals surface area contributed by atoms with Gasteiger partial charge in [0.15, 0.2) is 11.5 Å². The van der Waals surface area contributed by atoms with Crippen LogP contribution in [0, 0.1) is 0 Å². The fourth-order valence-corrected chi connectivity index (χ4v) is 6.57. The van der Waals surface area contributed by atoms with E-state index in [9.17, 15) is 0 Å². The second kappa shape index (κ2) is 10.9. The first-order valence-corrected chi connectivity index (χ1v) is 14.4. The number of nitrogens with zero attached hydrogens (tertiary/aromatic N) is 3. The fourth-order valence-electron chi connectivity index (χ4n) is 6.57. The molecule has 2 fully saturated rings. The average Bonchev–Trinajstić information content (AvgIpc) is 3.65. The van der Waals surface area contributed by atoms with Gasteiger partial charge in [-0.1, -0.05) is 32.8 Å². The van der Waals surface area contributed by atoms with E-state index < -0.39 is 0 Å². The summed E-state index contributed by atoms with van der Waals surface area (Å²) in [5.41, 5.74) is 7.12. The highest BCUT2D eigenvalue weighted by Crippen LogP contribution is 2.40. The molecule has 3 heterocycles. The zero-order chi connectivity index (χ0) is 26.9. The lowest BCUT2D eigenvalue weighted by Gasteiger charge is -2.38. The summed E-state index contributed by atoms with van der Waals surface area (Å²) in [5, 5.41) is 1.26. The zero-order valence-corrected chi connectivity index (χ0v) is 23.7. The molecule has 0 bridgehead atoms. The van der Waals surface area contributed by atoms with E-state index in [0.717, 1.165) is 66.3 Å². The smallest absolute Gasteiger partial charge is 0.161 e. The highest BCUT2D eigenvalue weighted by Gasteiger charge is 2.26. The van der Waals surface area contributed by atoms with Crippen molar-refractivity contribution in [2.24, 2.45) is 0 Å². The number of aromatic amines is 1. The van der Waals surface area contributed by atoms with E-state index in [2.05, 4.69) is 71.1 Å². The summed E-state index contributed by atoms with van der Waals surface area (Å²) in [5.74, 6) is 2.90. The standard InChI is InChI=1S/C33H40N4O2/c1-22(2)32-27-19-23(9-11-28(27)35-33(32)25-10-12-29(38-3)30(20-25)39-4)24-13-14-34-31(21-24)37-17-15-36(16-18-37)26-7-5-6-8-26/h9-14,19-22,26,35H,5-8,15-18H2,1-4H3. The van der Waals surface area contributed by atoms with E-state index in [-0.39, 0.29) is 0 Å². The van der Waals surface area contributed by atoms with Crippen molar-refractivity contribution in [2.75, 3.05) is 45.3 Å². The fraction of sp³-hybridized carbons (Fsp3) is 0.424. The minimum atomic E-state index is 0.348. The Morgan fingerprint density at radius 3 is 2.26 bits per heavy atom. The van der Waals surface area contributed by atoms with Gasteiger partial charge < -0.3 is 19.4 Å². The Labute approximate surface area is 232 Å². The van der Waals surface area contributed by atoms with Crippen LogP contribution in [0.2, 0.25) is 0 Å². The molecule has 6 rings (SSSR count). The molecule has 1 aliphatic carbocycles. The molecular weight excluding hydrogens is 484 g/mol. The highest BCUT2D eigenvalue weighted by atomic mass is 16.5. The minimum absolute atomic E-state index is 0.348. The first-order chi connectivity index (χ1) is 19.1. The number of fused-ring (bicyclic) bond motifs is 1. The molecule has 0 amide bonds. The molecule has 2 aliphatic rings. The maximum atomic E-state index is 5.59. The highest BCUT2D eigenvalue weighted by molar-refractivity contribution is 5.94. The monoisotopic (exact) mass is 524 g/mol. The van der Waals surface area contributed by atoms with Crippen molar-refractivity contribution in [1.82, 2.24) is 14.9 Å². The Balaban J connectivity index is 1.30. The summed E-state index contributed by atoms with van der Waals surface area (Å²) < 4.78 is 11.1. The predicted molar refractivity (Wildman–Crippen MR) is 160 cm³/mol. The number of piperazine rings is 1. The SMILES string of the molecule is COc1ccc(-c2[nH]c3ccc(-c4ccnc(N5CCN(C6CCCC6)CC5)c4)cc3c2C(C)C)cc1OC. The third-order valence-corrected chi connectivity index (χ3v) is 8.65. The van der Waals surface area contributed by atoms with Crippen LogP contribution in [0.1, 0.15) is 51.0 Å². The minimum Gasteiger partial charge on any atom is -0.493 e. The average molecular weight is 525 g/mol. The molecule has 0 atom stereocenters. The molecule has 6 heteroatoms. The van der Waals surface area contributed by atoms with Gasteiger partial charge in [0, 0.05) is 54.9 Å². The van der Waals surface area contributed by atoms with Crippen LogP contribution in [0.25, 0.3) is 33.3 Å². The van der Waals surface area contributed by atoms with Crippen molar-refractivity contribution in [1.29, 1.82) is 0 Å². The van der Waals surface area contributed by atoms with Crippen molar-refractivity contribution < 1.29 is 9.47 Å². The van der Waals surface area contributed by atoms with Gasteiger partial charge in [0.1, 0.15) is 5.82 Å². The topological polar surface area (TPSA) is 53.6 Å². The second-order valence-electron chi connectivity index (χ2n) is 11.3. The number of nitrogens with one attached hydrogen (secondary N) is 1. The van der Waals surface area contributed by atoms with Crippen LogP contribution in [0.5, 0.6) is 11.5 Å². The van der Waals surface area contributed by atoms with Gasteiger partial charge in [-0.25, -0.2) is 4.98 Å². The first-order valence-electron chi connectivity index (χ1n) is 14.4. The van der Waals surface area contributed by atoms with Gasteiger partial charge in [0.2, 0.25) is 0 Å². The van der Waals surface area contributed by atoms with Crippen molar-refractivity contribution in [3.8, 4) is 33.9 Å². The molecule has 1 N–H and O–H groups in total. The van der Waals surface area contributed by atoms with Crippen molar-refractivity contribution in [3.05, 3.63) is 60.3 Å². The number of H-pyrrole nitrogens is 1. The molecule has 39 heavy (non-hydrogen) atoms. The predicted octanol–water partition coefficient (Wildman–Crippen LogP) is 7.10. The third-order valence-electron chi connectivity index (χ3n) is 8.65. The van der Waals surface area contributed by atoms with Crippen LogP contribution < -0.4 is 14.4 Å². The molecule has 1 saturated heterocycles. The summed E-state index contributed by atoms with van der Waals surface area (Å²) in [4.78, 5) is 13.6. The van der Waals surface area contributed by atoms with E-state index in [0.29, 0.717) is 5.92 Å². The summed E-state index contributed by atoms with van der Waals surface area (Å²) in [6.07, 6.45) is 7.51. The van der Waals surface area contributed by atoms with Gasteiger partial charge in [0.25, 0.3) is 0 Å². The summed E-state index contributed by atoms with van der Waals surface area (Å²) in [6.45, 7) is 8.90. The van der Waals surface area contributed by atoms with E-state index in [1.807, 2.05) is 12.3 Å². The van der Waals surface area contributed by atoms with Crippen LogP contribution in [0.3, 0.4) is 0 Å². The Morgan fingerprint density at radius 1 is 0.821 bits per heavy atom. The summed E-state index contributed by atoms with van der Waals surface area (Å²) in [6, 6.07) is 18.1. The van der Waals surface area contributed by atoms with Crippen LogP contribution in [-0.2, 0) is 0 Å². The molecule has 0 radical (unpaired) electrons. The molecule has 0 spiro atoms. The number of methoxy groups -OCH3 is 2. The molecular formula is C33H40N4O2. The largest absolute Gasteiger partial charge is 0.493 e. The Bertz CT molecular complexity index is 1450. The van der Waals surface area contributed by atoms with E-state index >= 15 is 0 Å². The molecule has 1 saturated carbocycles. The Kier molecular flexibility index (Phi) is 7.22. The van der Waals surface area contributed by atoms with Crippen LogP contribution in [0.15, 0.2) is 54.7 Å². The molecule has 1 aliphatic heterocycles.